The number of aliphatic hydroxyl groups is 2. The molecule has 0 saturated carbocycles. The van der Waals surface area contributed by atoms with E-state index in [-0.39, 0.29) is 25.2 Å². The van der Waals surface area contributed by atoms with Crippen molar-refractivity contribution in [3.8, 4) is 11.8 Å². The van der Waals surface area contributed by atoms with Crippen molar-refractivity contribution in [3.05, 3.63) is 21.9 Å². The van der Waals surface area contributed by atoms with Gasteiger partial charge in [0.25, 0.3) is 5.91 Å². The van der Waals surface area contributed by atoms with Gasteiger partial charge in [-0.1, -0.05) is 24.7 Å². The second kappa shape index (κ2) is 8.18. The van der Waals surface area contributed by atoms with Crippen molar-refractivity contribution < 1.29 is 15.0 Å². The van der Waals surface area contributed by atoms with Crippen molar-refractivity contribution in [2.24, 2.45) is 0 Å². The lowest BCUT2D eigenvalue weighted by molar-refractivity contribution is 0.0604. The maximum absolute atomic E-state index is 12.7. The maximum atomic E-state index is 12.7. The standard InChI is InChI=1S/C16H21NO3S/c18-10-5-3-6-13-8-11-21-15(13)16(20)17-9-4-1-2-7-14(17)12-19/h8,11,14,18-19H,1-2,4-5,7,9-10,12H2. The highest BCUT2D eigenvalue weighted by atomic mass is 32.1. The lowest BCUT2D eigenvalue weighted by atomic mass is 10.1. The van der Waals surface area contributed by atoms with Gasteiger partial charge in [0.1, 0.15) is 4.88 Å². The molecule has 1 aliphatic heterocycles. The lowest BCUT2D eigenvalue weighted by Crippen LogP contribution is -2.42. The van der Waals surface area contributed by atoms with Gasteiger partial charge in [-0.15, -0.1) is 11.3 Å². The van der Waals surface area contributed by atoms with E-state index in [0.29, 0.717) is 17.8 Å². The Morgan fingerprint density at radius 3 is 3.00 bits per heavy atom. The number of rotatable bonds is 3. The highest BCUT2D eigenvalue weighted by Gasteiger charge is 2.27. The van der Waals surface area contributed by atoms with Crippen LogP contribution in [0.4, 0.5) is 0 Å². The van der Waals surface area contributed by atoms with Crippen molar-refractivity contribution in [2.45, 2.75) is 38.1 Å². The number of amides is 1. The fourth-order valence-electron chi connectivity index (χ4n) is 2.55. The molecule has 0 bridgehead atoms. The fourth-order valence-corrected chi connectivity index (χ4v) is 3.36. The van der Waals surface area contributed by atoms with Gasteiger partial charge < -0.3 is 15.1 Å². The Labute approximate surface area is 129 Å². The molecule has 1 aliphatic rings. The van der Waals surface area contributed by atoms with Crippen LogP contribution in [0.1, 0.15) is 47.3 Å². The number of aliphatic hydroxyl groups excluding tert-OH is 2. The van der Waals surface area contributed by atoms with E-state index in [1.54, 1.807) is 4.90 Å². The Morgan fingerprint density at radius 2 is 2.24 bits per heavy atom. The van der Waals surface area contributed by atoms with Gasteiger partial charge in [-0.05, 0) is 24.3 Å². The summed E-state index contributed by atoms with van der Waals surface area (Å²) in [5, 5.41) is 20.2. The second-order valence-corrected chi connectivity index (χ2v) is 6.04. The molecule has 114 valence electrons. The van der Waals surface area contributed by atoms with E-state index >= 15 is 0 Å². The summed E-state index contributed by atoms with van der Waals surface area (Å²) in [7, 11) is 0. The summed E-state index contributed by atoms with van der Waals surface area (Å²) < 4.78 is 0. The van der Waals surface area contributed by atoms with Crippen LogP contribution in [-0.4, -0.2) is 46.8 Å². The minimum Gasteiger partial charge on any atom is -0.395 e. The average Bonchev–Trinajstić information content (AvgIpc) is 2.83. The Morgan fingerprint density at radius 1 is 1.38 bits per heavy atom. The summed E-state index contributed by atoms with van der Waals surface area (Å²) in [6, 6.07) is 1.76. The summed E-state index contributed by atoms with van der Waals surface area (Å²) in [5.41, 5.74) is 0.722. The predicted octanol–water partition coefficient (Wildman–Crippen LogP) is 1.86. The molecule has 1 atom stereocenters. The third kappa shape index (κ3) is 4.07. The van der Waals surface area contributed by atoms with Gasteiger partial charge in [-0.2, -0.15) is 0 Å². The Hall–Kier alpha value is -1.35. The highest BCUT2D eigenvalue weighted by molar-refractivity contribution is 7.12. The Bertz CT molecular complexity index is 529. The predicted molar refractivity (Wildman–Crippen MR) is 83.3 cm³/mol. The normalized spacial score (nSPS) is 18.8. The number of thiophene rings is 1. The van der Waals surface area contributed by atoms with Crippen LogP contribution in [0.15, 0.2) is 11.4 Å². The van der Waals surface area contributed by atoms with Crippen LogP contribution in [0.3, 0.4) is 0 Å². The van der Waals surface area contributed by atoms with Gasteiger partial charge in [-0.3, -0.25) is 4.79 Å². The molecular weight excluding hydrogens is 286 g/mol. The monoisotopic (exact) mass is 307 g/mol. The molecule has 4 nitrogen and oxygen atoms in total. The molecule has 0 radical (unpaired) electrons. The van der Waals surface area contributed by atoms with Gasteiger partial charge in [0.05, 0.1) is 19.3 Å². The van der Waals surface area contributed by atoms with Crippen LogP contribution in [0.5, 0.6) is 0 Å². The molecule has 1 amide bonds. The van der Waals surface area contributed by atoms with Crippen molar-refractivity contribution in [1.82, 2.24) is 4.90 Å². The first kappa shape index (κ1) is 16.0. The molecular formula is C16H21NO3S. The quantitative estimate of drug-likeness (QED) is 0.838. The van der Waals surface area contributed by atoms with Crippen LogP contribution in [-0.2, 0) is 0 Å². The van der Waals surface area contributed by atoms with Crippen LogP contribution in [0.2, 0.25) is 0 Å². The summed E-state index contributed by atoms with van der Waals surface area (Å²) in [6.07, 6.45) is 4.42. The van der Waals surface area contributed by atoms with Crippen LogP contribution in [0, 0.1) is 11.8 Å². The smallest absolute Gasteiger partial charge is 0.265 e. The molecule has 21 heavy (non-hydrogen) atoms. The third-order valence-corrected chi connectivity index (χ3v) is 4.57. The zero-order valence-electron chi connectivity index (χ0n) is 12.0. The van der Waals surface area contributed by atoms with E-state index in [2.05, 4.69) is 11.8 Å². The van der Waals surface area contributed by atoms with Crippen molar-refractivity contribution in [1.29, 1.82) is 0 Å². The van der Waals surface area contributed by atoms with Crippen molar-refractivity contribution in [2.75, 3.05) is 19.8 Å². The zero-order valence-corrected chi connectivity index (χ0v) is 12.9. The third-order valence-electron chi connectivity index (χ3n) is 3.67. The van der Waals surface area contributed by atoms with Gasteiger partial charge in [0.2, 0.25) is 0 Å². The van der Waals surface area contributed by atoms with Crippen molar-refractivity contribution >= 4 is 17.2 Å². The van der Waals surface area contributed by atoms with Gasteiger partial charge in [0.15, 0.2) is 0 Å². The summed E-state index contributed by atoms with van der Waals surface area (Å²) >= 11 is 1.39. The number of likely N-dealkylation sites (tertiary alicyclic amines) is 1. The van der Waals surface area contributed by atoms with E-state index in [4.69, 9.17) is 5.11 Å². The number of carbonyl (C=O) groups is 1. The van der Waals surface area contributed by atoms with Crippen molar-refractivity contribution in [3.63, 3.8) is 0 Å². The molecule has 1 aromatic heterocycles. The summed E-state index contributed by atoms with van der Waals surface area (Å²) in [5.74, 6) is 5.78. The topological polar surface area (TPSA) is 60.8 Å². The van der Waals surface area contributed by atoms with Crippen LogP contribution in [0.25, 0.3) is 0 Å². The molecule has 1 aromatic rings. The molecule has 2 heterocycles. The summed E-state index contributed by atoms with van der Waals surface area (Å²) in [6.45, 7) is 0.743. The van der Waals surface area contributed by atoms with Gasteiger partial charge in [-0.25, -0.2) is 0 Å². The van der Waals surface area contributed by atoms with Gasteiger partial charge in [0, 0.05) is 18.5 Å². The minimum absolute atomic E-state index is 0.0165. The number of hydrogen-bond donors (Lipinski definition) is 2. The Balaban J connectivity index is 2.19. The first-order valence-electron chi connectivity index (χ1n) is 7.37. The second-order valence-electron chi connectivity index (χ2n) is 5.12. The molecule has 1 saturated heterocycles. The SMILES string of the molecule is O=C(c1sccc1C#CCCO)N1CCCCCC1CO. The molecule has 1 unspecified atom stereocenters. The molecule has 0 spiro atoms. The Kier molecular flexibility index (Phi) is 6.24. The van der Waals surface area contributed by atoms with Crippen LogP contribution >= 0.6 is 11.3 Å². The maximum Gasteiger partial charge on any atom is 0.265 e. The number of carbonyl (C=O) groups excluding carboxylic acids is 1. The largest absolute Gasteiger partial charge is 0.395 e. The van der Waals surface area contributed by atoms with E-state index in [9.17, 15) is 9.90 Å². The molecule has 1 fully saturated rings. The molecule has 0 aromatic carbocycles. The zero-order chi connectivity index (χ0) is 15.1. The molecule has 2 rings (SSSR count). The fraction of sp³-hybridized carbons (Fsp3) is 0.562. The molecule has 5 heteroatoms. The van der Waals surface area contributed by atoms with Gasteiger partial charge >= 0.3 is 0 Å². The average molecular weight is 307 g/mol. The first-order chi connectivity index (χ1) is 10.3. The number of hydrogen-bond acceptors (Lipinski definition) is 4. The molecule has 2 N–H and O–H groups in total. The molecule has 0 aliphatic carbocycles. The van der Waals surface area contributed by atoms with E-state index in [1.165, 1.54) is 11.3 Å². The van der Waals surface area contributed by atoms with Crippen LogP contribution < -0.4 is 0 Å². The minimum atomic E-state index is -0.0830. The summed E-state index contributed by atoms with van der Waals surface area (Å²) in [4.78, 5) is 15.2. The first-order valence-corrected chi connectivity index (χ1v) is 8.25. The van der Waals surface area contributed by atoms with E-state index < -0.39 is 0 Å². The lowest BCUT2D eigenvalue weighted by Gasteiger charge is -2.28. The van der Waals surface area contributed by atoms with E-state index in [0.717, 1.165) is 31.2 Å². The number of nitrogens with zero attached hydrogens (tertiary/aromatic N) is 1. The van der Waals surface area contributed by atoms with E-state index in [1.807, 2.05) is 11.4 Å². The highest BCUT2D eigenvalue weighted by Crippen LogP contribution is 2.23.